The molecule has 1 heterocycles. The van der Waals surface area contributed by atoms with Gasteiger partial charge in [-0.25, -0.2) is 0 Å². The molecule has 0 spiro atoms. The van der Waals surface area contributed by atoms with Gasteiger partial charge in [0.2, 0.25) is 11.8 Å². The van der Waals surface area contributed by atoms with Crippen molar-refractivity contribution in [3.8, 4) is 0 Å². The van der Waals surface area contributed by atoms with Crippen LogP contribution in [0.3, 0.4) is 0 Å². The fourth-order valence-electron chi connectivity index (χ4n) is 4.65. The number of nitrogens with zero attached hydrogens (tertiary/aromatic N) is 1. The number of aliphatic hydroxyl groups excluding tert-OH is 1. The Morgan fingerprint density at radius 2 is 1.97 bits per heavy atom. The van der Waals surface area contributed by atoms with E-state index >= 15 is 0 Å². The summed E-state index contributed by atoms with van der Waals surface area (Å²) in [5.74, 6) is -2.59. The molecular weight excluding hydrogens is 372 g/mol. The smallest absolute Gasteiger partial charge is 0.310 e. The number of hydrogen-bond donors (Lipinski definition) is 2. The number of rotatable bonds is 10. The van der Waals surface area contributed by atoms with Gasteiger partial charge in [0.15, 0.2) is 0 Å². The average molecular weight is 409 g/mol. The van der Waals surface area contributed by atoms with Gasteiger partial charge >= 0.3 is 5.97 Å². The van der Waals surface area contributed by atoms with Gasteiger partial charge in [-0.1, -0.05) is 38.8 Å². The maximum Gasteiger partial charge on any atom is 0.310 e. The van der Waals surface area contributed by atoms with Crippen LogP contribution in [-0.2, 0) is 19.1 Å². The molecule has 0 bridgehead atoms. The summed E-state index contributed by atoms with van der Waals surface area (Å²) >= 11 is 0. The summed E-state index contributed by atoms with van der Waals surface area (Å²) in [5.41, 5.74) is 0. The Balaban J connectivity index is 2.36. The SMILES string of the molecule is CCCCCNC(=O)[C@@H]1[C@H]2C=C[C@@H](CC)[C@@H](C(=O)OCC)[C@@H]2C(=O)N1[C@H](C)CO. The lowest BCUT2D eigenvalue weighted by atomic mass is 9.69. The average Bonchev–Trinajstić information content (AvgIpc) is 3.02. The zero-order chi connectivity index (χ0) is 21.6. The van der Waals surface area contributed by atoms with Gasteiger partial charge in [-0.05, 0) is 32.6 Å². The lowest BCUT2D eigenvalue weighted by Gasteiger charge is -2.33. The van der Waals surface area contributed by atoms with Gasteiger partial charge in [0.1, 0.15) is 6.04 Å². The van der Waals surface area contributed by atoms with Crippen LogP contribution in [0.4, 0.5) is 0 Å². The van der Waals surface area contributed by atoms with Crippen LogP contribution in [0, 0.1) is 23.7 Å². The molecule has 29 heavy (non-hydrogen) atoms. The number of fused-ring (bicyclic) bond motifs is 1. The molecule has 0 aromatic rings. The van der Waals surface area contributed by atoms with Crippen molar-refractivity contribution < 1.29 is 24.2 Å². The maximum atomic E-state index is 13.4. The fraction of sp³-hybridized carbons (Fsp3) is 0.773. The molecule has 2 rings (SSSR count). The predicted molar refractivity (Wildman–Crippen MR) is 110 cm³/mol. The third-order valence-electron chi connectivity index (χ3n) is 6.16. The summed E-state index contributed by atoms with van der Waals surface area (Å²) in [5, 5.41) is 12.7. The molecule has 2 aliphatic rings. The van der Waals surface area contributed by atoms with Gasteiger partial charge in [-0.2, -0.15) is 0 Å². The molecule has 1 aliphatic carbocycles. The molecule has 6 atom stereocenters. The van der Waals surface area contributed by atoms with Crippen LogP contribution >= 0.6 is 0 Å². The largest absolute Gasteiger partial charge is 0.466 e. The number of ether oxygens (including phenoxy) is 1. The highest BCUT2D eigenvalue weighted by molar-refractivity contribution is 5.96. The fourth-order valence-corrected chi connectivity index (χ4v) is 4.65. The molecule has 0 unspecified atom stereocenters. The Morgan fingerprint density at radius 3 is 2.55 bits per heavy atom. The molecule has 2 amide bonds. The molecule has 7 nitrogen and oxygen atoms in total. The van der Waals surface area contributed by atoms with Crippen LogP contribution in [0.1, 0.15) is 53.4 Å². The van der Waals surface area contributed by atoms with E-state index in [-0.39, 0.29) is 36.9 Å². The van der Waals surface area contributed by atoms with Crippen molar-refractivity contribution in [1.82, 2.24) is 10.2 Å². The summed E-state index contributed by atoms with van der Waals surface area (Å²) in [6.07, 6.45) is 7.55. The summed E-state index contributed by atoms with van der Waals surface area (Å²) < 4.78 is 5.29. The molecular formula is C22H36N2O5. The van der Waals surface area contributed by atoms with Crippen molar-refractivity contribution in [3.05, 3.63) is 12.2 Å². The summed E-state index contributed by atoms with van der Waals surface area (Å²) in [6, 6.07) is -1.22. The minimum absolute atomic E-state index is 0.100. The number of hydrogen-bond acceptors (Lipinski definition) is 5. The number of amides is 2. The van der Waals surface area contributed by atoms with Gasteiger partial charge in [0.25, 0.3) is 0 Å². The second kappa shape index (κ2) is 10.8. The number of likely N-dealkylation sites (tertiary alicyclic amines) is 1. The van der Waals surface area contributed by atoms with Crippen molar-refractivity contribution in [1.29, 1.82) is 0 Å². The number of allylic oxidation sites excluding steroid dienone is 1. The Labute approximate surface area is 173 Å². The van der Waals surface area contributed by atoms with E-state index in [4.69, 9.17) is 4.74 Å². The van der Waals surface area contributed by atoms with Crippen molar-refractivity contribution >= 4 is 17.8 Å². The predicted octanol–water partition coefficient (Wildman–Crippen LogP) is 1.89. The normalized spacial score (nSPS) is 29.5. The van der Waals surface area contributed by atoms with Crippen molar-refractivity contribution in [2.75, 3.05) is 19.8 Å². The van der Waals surface area contributed by atoms with E-state index in [9.17, 15) is 19.5 Å². The first-order valence-electron chi connectivity index (χ1n) is 11.0. The number of aliphatic hydroxyl groups is 1. The molecule has 7 heteroatoms. The summed E-state index contributed by atoms with van der Waals surface area (Å²) in [7, 11) is 0. The number of carbonyl (C=O) groups is 3. The van der Waals surface area contributed by atoms with E-state index in [1.807, 2.05) is 19.1 Å². The van der Waals surface area contributed by atoms with E-state index in [0.29, 0.717) is 13.0 Å². The second-order valence-corrected chi connectivity index (χ2v) is 8.06. The van der Waals surface area contributed by atoms with Gasteiger partial charge in [-0.15, -0.1) is 0 Å². The molecule has 0 aromatic heterocycles. The molecule has 1 saturated heterocycles. The van der Waals surface area contributed by atoms with E-state index in [1.165, 1.54) is 4.90 Å². The van der Waals surface area contributed by atoms with Gasteiger partial charge in [0, 0.05) is 12.5 Å². The van der Waals surface area contributed by atoms with Crippen molar-refractivity contribution in [3.63, 3.8) is 0 Å². The monoisotopic (exact) mass is 408 g/mol. The Bertz CT molecular complexity index is 620. The van der Waals surface area contributed by atoms with Crippen LogP contribution in [0.5, 0.6) is 0 Å². The molecule has 2 N–H and O–H groups in total. The van der Waals surface area contributed by atoms with Crippen LogP contribution < -0.4 is 5.32 Å². The Kier molecular flexibility index (Phi) is 8.68. The number of carbonyl (C=O) groups excluding carboxylic acids is 3. The van der Waals surface area contributed by atoms with Crippen LogP contribution in [0.25, 0.3) is 0 Å². The zero-order valence-corrected chi connectivity index (χ0v) is 18.1. The van der Waals surface area contributed by atoms with Gasteiger partial charge in [-0.3, -0.25) is 14.4 Å². The van der Waals surface area contributed by atoms with Crippen LogP contribution in [-0.4, -0.2) is 59.6 Å². The summed E-state index contributed by atoms with van der Waals surface area (Å²) in [4.78, 5) is 40.7. The van der Waals surface area contributed by atoms with Crippen LogP contribution in [0.2, 0.25) is 0 Å². The molecule has 0 aromatic carbocycles. The van der Waals surface area contributed by atoms with E-state index in [2.05, 4.69) is 12.2 Å². The van der Waals surface area contributed by atoms with E-state index < -0.39 is 29.8 Å². The summed E-state index contributed by atoms with van der Waals surface area (Å²) in [6.45, 7) is 8.12. The molecule has 1 aliphatic heterocycles. The lowest BCUT2D eigenvalue weighted by molar-refractivity contribution is -0.156. The Morgan fingerprint density at radius 1 is 1.24 bits per heavy atom. The first-order chi connectivity index (χ1) is 13.9. The van der Waals surface area contributed by atoms with Crippen LogP contribution in [0.15, 0.2) is 12.2 Å². The lowest BCUT2D eigenvalue weighted by Crippen LogP contribution is -2.51. The second-order valence-electron chi connectivity index (χ2n) is 8.06. The van der Waals surface area contributed by atoms with Gasteiger partial charge < -0.3 is 20.1 Å². The van der Waals surface area contributed by atoms with Crippen molar-refractivity contribution in [2.45, 2.75) is 65.5 Å². The first kappa shape index (κ1) is 23.4. The van der Waals surface area contributed by atoms with E-state index in [0.717, 1.165) is 19.3 Å². The third-order valence-corrected chi connectivity index (χ3v) is 6.16. The molecule has 1 fully saturated rings. The highest BCUT2D eigenvalue weighted by Gasteiger charge is 2.58. The zero-order valence-electron chi connectivity index (χ0n) is 18.1. The molecule has 0 radical (unpaired) electrons. The topological polar surface area (TPSA) is 95.9 Å². The quantitative estimate of drug-likeness (QED) is 0.327. The highest BCUT2D eigenvalue weighted by atomic mass is 16.5. The third kappa shape index (κ3) is 4.82. The van der Waals surface area contributed by atoms with E-state index in [1.54, 1.807) is 13.8 Å². The molecule has 164 valence electrons. The van der Waals surface area contributed by atoms with Gasteiger partial charge in [0.05, 0.1) is 31.1 Å². The standard InChI is InChI=1S/C22H36N2O5/c1-5-8-9-12-23-20(26)19-16-11-10-15(6-2)17(22(28)29-7-3)18(16)21(27)24(19)14(4)13-25/h10-11,14-19,25H,5-9,12-13H2,1-4H3,(H,23,26)/t14-,15-,16+,17-,18-,19+/m1/s1. The van der Waals surface area contributed by atoms with Crippen molar-refractivity contribution in [2.24, 2.45) is 23.7 Å². The number of esters is 1. The minimum atomic E-state index is -0.720. The maximum absolute atomic E-state index is 13.4. The highest BCUT2D eigenvalue weighted by Crippen LogP contribution is 2.45. The number of unbranched alkanes of at least 4 members (excludes halogenated alkanes) is 2. The Hall–Kier alpha value is -1.89. The molecule has 0 saturated carbocycles. The first-order valence-corrected chi connectivity index (χ1v) is 11.0. The number of nitrogens with one attached hydrogen (secondary N) is 1. The minimum Gasteiger partial charge on any atom is -0.466 e.